The summed E-state index contributed by atoms with van der Waals surface area (Å²) in [6.07, 6.45) is 0. The summed E-state index contributed by atoms with van der Waals surface area (Å²) < 4.78 is 0. The maximum atomic E-state index is 12.3. The molecule has 5 heteroatoms. The minimum atomic E-state index is -0.202. The number of nitrogens with one attached hydrogen (secondary N) is 3. The third-order valence-corrected chi connectivity index (χ3v) is 3.70. The molecule has 2 aromatic rings. The molecule has 0 heterocycles. The molecule has 0 aromatic heterocycles. The van der Waals surface area contributed by atoms with E-state index in [-0.39, 0.29) is 18.4 Å². The monoisotopic (exact) mass is 339 g/mol. The molecule has 0 fully saturated rings. The van der Waals surface area contributed by atoms with Gasteiger partial charge in [0.15, 0.2) is 0 Å². The zero-order valence-electron chi connectivity index (χ0n) is 14.9. The largest absolute Gasteiger partial charge is 0.376 e. The van der Waals surface area contributed by atoms with Gasteiger partial charge < -0.3 is 16.0 Å². The van der Waals surface area contributed by atoms with Crippen LogP contribution >= 0.6 is 0 Å². The van der Waals surface area contributed by atoms with Crippen LogP contribution in [0.1, 0.15) is 29.8 Å². The van der Waals surface area contributed by atoms with Gasteiger partial charge in [0.1, 0.15) is 0 Å². The van der Waals surface area contributed by atoms with Gasteiger partial charge >= 0.3 is 0 Å². The number of aryl methyl sites for hydroxylation is 1. The molecule has 0 unspecified atom stereocenters. The number of hydrogen-bond acceptors (Lipinski definition) is 3. The normalized spacial score (nSPS) is 10.4. The Hall–Kier alpha value is -2.82. The molecule has 0 saturated heterocycles. The van der Waals surface area contributed by atoms with Gasteiger partial charge in [-0.2, -0.15) is 0 Å². The third-order valence-electron chi connectivity index (χ3n) is 3.70. The van der Waals surface area contributed by atoms with Crippen molar-refractivity contribution in [2.45, 2.75) is 20.8 Å². The predicted molar refractivity (Wildman–Crippen MR) is 102 cm³/mol. The highest BCUT2D eigenvalue weighted by molar-refractivity contribution is 6.04. The molecule has 5 nitrogen and oxygen atoms in total. The van der Waals surface area contributed by atoms with E-state index in [0.717, 1.165) is 11.3 Å². The molecule has 3 N–H and O–H groups in total. The minimum Gasteiger partial charge on any atom is -0.376 e. The SMILES string of the molecule is Cc1ccccc1NCC(=O)Nc1ccccc1C(=O)NCC(C)C. The molecule has 0 radical (unpaired) electrons. The van der Waals surface area contributed by atoms with E-state index in [0.29, 0.717) is 23.7 Å². The van der Waals surface area contributed by atoms with Crippen LogP contribution in [0.3, 0.4) is 0 Å². The first-order valence-electron chi connectivity index (χ1n) is 8.44. The van der Waals surface area contributed by atoms with Crippen molar-refractivity contribution >= 4 is 23.2 Å². The summed E-state index contributed by atoms with van der Waals surface area (Å²) in [6.45, 7) is 6.77. The second-order valence-corrected chi connectivity index (χ2v) is 6.37. The van der Waals surface area contributed by atoms with Crippen molar-refractivity contribution in [2.24, 2.45) is 5.92 Å². The van der Waals surface area contributed by atoms with E-state index >= 15 is 0 Å². The van der Waals surface area contributed by atoms with E-state index < -0.39 is 0 Å². The van der Waals surface area contributed by atoms with Crippen LogP contribution in [0.2, 0.25) is 0 Å². The van der Waals surface area contributed by atoms with Crippen molar-refractivity contribution in [1.82, 2.24) is 5.32 Å². The minimum absolute atomic E-state index is 0.132. The number of anilines is 2. The summed E-state index contributed by atoms with van der Waals surface area (Å²) in [6, 6.07) is 14.8. The van der Waals surface area contributed by atoms with Crippen LogP contribution in [0.25, 0.3) is 0 Å². The van der Waals surface area contributed by atoms with Crippen LogP contribution in [0.15, 0.2) is 48.5 Å². The lowest BCUT2D eigenvalue weighted by Gasteiger charge is -2.13. The predicted octanol–water partition coefficient (Wildman–Crippen LogP) is 3.43. The quantitative estimate of drug-likeness (QED) is 0.724. The number of rotatable bonds is 7. The van der Waals surface area contributed by atoms with E-state index in [1.165, 1.54) is 0 Å². The highest BCUT2D eigenvalue weighted by Crippen LogP contribution is 2.16. The van der Waals surface area contributed by atoms with Gasteiger partial charge in [-0.3, -0.25) is 9.59 Å². The van der Waals surface area contributed by atoms with Crippen LogP contribution in [-0.2, 0) is 4.79 Å². The Labute approximate surface area is 148 Å². The first-order chi connectivity index (χ1) is 12.0. The van der Waals surface area contributed by atoms with Crippen molar-refractivity contribution in [3.05, 3.63) is 59.7 Å². The second kappa shape index (κ2) is 8.87. The standard InChI is InChI=1S/C20H25N3O2/c1-14(2)12-22-20(25)16-9-5-7-11-18(16)23-19(24)13-21-17-10-6-4-8-15(17)3/h4-11,14,21H,12-13H2,1-3H3,(H,22,25)(H,23,24). The van der Waals surface area contributed by atoms with Crippen molar-refractivity contribution in [3.8, 4) is 0 Å². The topological polar surface area (TPSA) is 70.2 Å². The lowest BCUT2D eigenvalue weighted by atomic mass is 10.1. The molecular formula is C20H25N3O2. The van der Waals surface area contributed by atoms with E-state index in [9.17, 15) is 9.59 Å². The Morgan fingerprint density at radius 2 is 1.60 bits per heavy atom. The molecule has 0 saturated carbocycles. The molecule has 2 rings (SSSR count). The molecule has 0 aliphatic rings. The lowest BCUT2D eigenvalue weighted by Crippen LogP contribution is -2.29. The number of benzene rings is 2. The lowest BCUT2D eigenvalue weighted by molar-refractivity contribution is -0.114. The molecule has 2 aromatic carbocycles. The molecule has 25 heavy (non-hydrogen) atoms. The fraction of sp³-hybridized carbons (Fsp3) is 0.300. The molecule has 0 aliphatic carbocycles. The van der Waals surface area contributed by atoms with E-state index in [4.69, 9.17) is 0 Å². The van der Waals surface area contributed by atoms with Crippen LogP contribution in [0.5, 0.6) is 0 Å². The highest BCUT2D eigenvalue weighted by Gasteiger charge is 2.13. The summed E-state index contributed by atoms with van der Waals surface area (Å²) in [5, 5.41) is 8.79. The van der Waals surface area contributed by atoms with Crippen LogP contribution < -0.4 is 16.0 Å². The smallest absolute Gasteiger partial charge is 0.253 e. The average molecular weight is 339 g/mol. The van der Waals surface area contributed by atoms with E-state index in [1.807, 2.05) is 45.0 Å². The fourth-order valence-corrected chi connectivity index (χ4v) is 2.32. The van der Waals surface area contributed by atoms with Crippen molar-refractivity contribution in [1.29, 1.82) is 0 Å². The zero-order valence-corrected chi connectivity index (χ0v) is 14.9. The Kier molecular flexibility index (Phi) is 6.57. The van der Waals surface area contributed by atoms with Gasteiger partial charge in [0, 0.05) is 12.2 Å². The maximum Gasteiger partial charge on any atom is 0.253 e. The first-order valence-corrected chi connectivity index (χ1v) is 8.44. The molecule has 0 aliphatic heterocycles. The van der Waals surface area contributed by atoms with Gasteiger partial charge in [0.2, 0.25) is 5.91 Å². The zero-order chi connectivity index (χ0) is 18.2. The van der Waals surface area contributed by atoms with Gasteiger partial charge in [-0.25, -0.2) is 0 Å². The highest BCUT2D eigenvalue weighted by atomic mass is 16.2. The molecule has 0 bridgehead atoms. The van der Waals surface area contributed by atoms with Crippen LogP contribution in [-0.4, -0.2) is 24.9 Å². The number of para-hydroxylation sites is 2. The Bertz CT molecular complexity index is 741. The molecule has 0 atom stereocenters. The van der Waals surface area contributed by atoms with E-state index in [1.54, 1.807) is 24.3 Å². The number of carbonyl (C=O) groups excluding carboxylic acids is 2. The van der Waals surface area contributed by atoms with Gasteiger partial charge in [-0.1, -0.05) is 44.2 Å². The van der Waals surface area contributed by atoms with Crippen molar-refractivity contribution in [3.63, 3.8) is 0 Å². The van der Waals surface area contributed by atoms with Gasteiger partial charge in [-0.15, -0.1) is 0 Å². The van der Waals surface area contributed by atoms with Crippen LogP contribution in [0.4, 0.5) is 11.4 Å². The third kappa shape index (κ3) is 5.64. The summed E-state index contributed by atoms with van der Waals surface area (Å²) in [4.78, 5) is 24.5. The Morgan fingerprint density at radius 1 is 0.960 bits per heavy atom. The summed E-state index contributed by atoms with van der Waals surface area (Å²) in [7, 11) is 0. The first kappa shape index (κ1) is 18.5. The van der Waals surface area contributed by atoms with Crippen LogP contribution in [0, 0.1) is 12.8 Å². The van der Waals surface area contributed by atoms with Gasteiger partial charge in [0.25, 0.3) is 5.91 Å². The number of hydrogen-bond donors (Lipinski definition) is 3. The molecule has 0 spiro atoms. The fourth-order valence-electron chi connectivity index (χ4n) is 2.32. The van der Waals surface area contributed by atoms with Gasteiger partial charge in [0.05, 0.1) is 17.8 Å². The summed E-state index contributed by atoms with van der Waals surface area (Å²) >= 11 is 0. The molecule has 2 amide bonds. The average Bonchev–Trinajstić information content (AvgIpc) is 2.59. The summed E-state index contributed by atoms with van der Waals surface area (Å²) in [5.74, 6) is -0.0205. The van der Waals surface area contributed by atoms with Gasteiger partial charge in [-0.05, 0) is 36.6 Å². The van der Waals surface area contributed by atoms with Crippen molar-refractivity contribution < 1.29 is 9.59 Å². The maximum absolute atomic E-state index is 12.3. The van der Waals surface area contributed by atoms with E-state index in [2.05, 4.69) is 16.0 Å². The Balaban J connectivity index is 1.98. The second-order valence-electron chi connectivity index (χ2n) is 6.37. The number of carbonyl (C=O) groups is 2. The Morgan fingerprint density at radius 3 is 2.28 bits per heavy atom. The van der Waals surface area contributed by atoms with Crippen molar-refractivity contribution in [2.75, 3.05) is 23.7 Å². The number of amides is 2. The summed E-state index contributed by atoms with van der Waals surface area (Å²) in [5.41, 5.74) is 2.97. The molecular weight excluding hydrogens is 314 g/mol. The molecule has 132 valence electrons.